The van der Waals surface area contributed by atoms with Crippen LogP contribution in [0.3, 0.4) is 0 Å². The predicted molar refractivity (Wildman–Crippen MR) is 66.7 cm³/mol. The molecule has 1 fully saturated rings. The van der Waals surface area contributed by atoms with E-state index in [1.165, 1.54) is 6.07 Å². The predicted octanol–water partition coefficient (Wildman–Crippen LogP) is 2.59. The summed E-state index contributed by atoms with van der Waals surface area (Å²) in [6.45, 7) is 1.69. The highest BCUT2D eigenvalue weighted by Crippen LogP contribution is 2.28. The van der Waals surface area contributed by atoms with Crippen molar-refractivity contribution in [3.63, 3.8) is 0 Å². The van der Waals surface area contributed by atoms with Crippen LogP contribution in [0, 0.1) is 17.0 Å². The zero-order valence-corrected chi connectivity index (χ0v) is 10.3. The molecule has 1 aliphatic carbocycles. The minimum absolute atomic E-state index is 0.0535. The van der Waals surface area contributed by atoms with Crippen LogP contribution in [-0.4, -0.2) is 22.2 Å². The average Bonchev–Trinajstić information content (AvgIpc) is 2.34. The highest BCUT2D eigenvalue weighted by molar-refractivity contribution is 5.45. The third-order valence-electron chi connectivity index (χ3n) is 3.33. The quantitative estimate of drug-likeness (QED) is 0.662. The van der Waals surface area contributed by atoms with E-state index in [9.17, 15) is 15.2 Å². The fourth-order valence-corrected chi connectivity index (χ4v) is 2.25. The fourth-order valence-electron chi connectivity index (χ4n) is 2.25. The van der Waals surface area contributed by atoms with Crippen molar-refractivity contribution in [2.45, 2.75) is 44.8 Å². The van der Waals surface area contributed by atoms with Crippen LogP contribution in [0.4, 0.5) is 5.69 Å². The molecular formula is C13H17NO4. The summed E-state index contributed by atoms with van der Waals surface area (Å²) in [5.41, 5.74) is 0.661. The molecule has 1 N–H and O–H groups in total. The van der Waals surface area contributed by atoms with Gasteiger partial charge in [0.25, 0.3) is 5.69 Å². The second-order valence-electron chi connectivity index (χ2n) is 4.71. The molecule has 2 atom stereocenters. The Morgan fingerprint density at radius 3 is 2.78 bits per heavy atom. The number of benzene rings is 1. The van der Waals surface area contributed by atoms with E-state index in [2.05, 4.69) is 0 Å². The van der Waals surface area contributed by atoms with Gasteiger partial charge >= 0.3 is 0 Å². The summed E-state index contributed by atoms with van der Waals surface area (Å²) < 4.78 is 5.66. The lowest BCUT2D eigenvalue weighted by Crippen LogP contribution is -2.34. The van der Waals surface area contributed by atoms with Gasteiger partial charge in [-0.25, -0.2) is 0 Å². The third-order valence-corrected chi connectivity index (χ3v) is 3.33. The molecule has 18 heavy (non-hydrogen) atoms. The van der Waals surface area contributed by atoms with Crippen LogP contribution in [0.25, 0.3) is 0 Å². The van der Waals surface area contributed by atoms with Gasteiger partial charge in [0.15, 0.2) is 0 Å². The Kier molecular flexibility index (Phi) is 3.81. The molecule has 5 nitrogen and oxygen atoms in total. The number of hydrogen-bond acceptors (Lipinski definition) is 4. The number of aliphatic hydroxyl groups excluding tert-OH is 1. The first-order valence-electron chi connectivity index (χ1n) is 6.17. The first-order chi connectivity index (χ1) is 8.58. The first kappa shape index (κ1) is 12.8. The van der Waals surface area contributed by atoms with Crippen molar-refractivity contribution in [1.82, 2.24) is 0 Å². The van der Waals surface area contributed by atoms with Gasteiger partial charge in [0.1, 0.15) is 11.9 Å². The van der Waals surface area contributed by atoms with E-state index < -0.39 is 11.0 Å². The van der Waals surface area contributed by atoms with Crippen LogP contribution in [0.2, 0.25) is 0 Å². The van der Waals surface area contributed by atoms with Gasteiger partial charge in [-0.2, -0.15) is 0 Å². The highest BCUT2D eigenvalue weighted by Gasteiger charge is 2.25. The van der Waals surface area contributed by atoms with Gasteiger partial charge in [0, 0.05) is 5.56 Å². The molecule has 1 aliphatic rings. The number of nitro benzene ring substituents is 1. The van der Waals surface area contributed by atoms with Gasteiger partial charge < -0.3 is 9.84 Å². The third kappa shape index (κ3) is 2.79. The monoisotopic (exact) mass is 251 g/mol. The van der Waals surface area contributed by atoms with Crippen molar-refractivity contribution in [1.29, 1.82) is 0 Å². The van der Waals surface area contributed by atoms with Crippen molar-refractivity contribution in [2.24, 2.45) is 0 Å². The molecule has 0 saturated heterocycles. The number of ether oxygens (including phenoxy) is 1. The van der Waals surface area contributed by atoms with Gasteiger partial charge in [-0.05, 0) is 38.3 Å². The molecule has 0 bridgehead atoms. The summed E-state index contributed by atoms with van der Waals surface area (Å²) in [7, 11) is 0. The second-order valence-corrected chi connectivity index (χ2v) is 4.71. The zero-order valence-electron chi connectivity index (χ0n) is 10.3. The Balaban J connectivity index is 2.14. The van der Waals surface area contributed by atoms with Gasteiger partial charge in [-0.15, -0.1) is 0 Å². The van der Waals surface area contributed by atoms with E-state index in [0.29, 0.717) is 11.3 Å². The molecule has 5 heteroatoms. The topological polar surface area (TPSA) is 72.6 Å². The Labute approximate surface area is 106 Å². The van der Waals surface area contributed by atoms with Crippen LogP contribution in [0.15, 0.2) is 18.2 Å². The van der Waals surface area contributed by atoms with E-state index in [0.717, 1.165) is 25.7 Å². The van der Waals surface area contributed by atoms with Gasteiger partial charge in [0.05, 0.1) is 17.1 Å². The standard InChI is InChI=1S/C13H17NO4/c1-9-6-7-10(8-11(9)14(16)17)18-13-5-3-2-4-12(13)15/h6-8,12-13,15H,2-5H2,1H3/t12-,13-/m1/s1. The number of aryl methyl sites for hydroxylation is 1. The van der Waals surface area contributed by atoms with Crippen LogP contribution in [0.1, 0.15) is 31.2 Å². The zero-order chi connectivity index (χ0) is 13.1. The Morgan fingerprint density at radius 1 is 1.39 bits per heavy atom. The molecule has 0 heterocycles. The molecule has 0 unspecified atom stereocenters. The molecule has 1 aromatic carbocycles. The number of hydrogen-bond donors (Lipinski definition) is 1. The van der Waals surface area contributed by atoms with Crippen molar-refractivity contribution in [2.75, 3.05) is 0 Å². The van der Waals surface area contributed by atoms with Crippen molar-refractivity contribution < 1.29 is 14.8 Å². The van der Waals surface area contributed by atoms with Crippen molar-refractivity contribution in [3.05, 3.63) is 33.9 Å². The van der Waals surface area contributed by atoms with E-state index in [-0.39, 0.29) is 11.8 Å². The Hall–Kier alpha value is -1.62. The molecule has 1 aromatic rings. The maximum absolute atomic E-state index is 10.8. The highest BCUT2D eigenvalue weighted by atomic mass is 16.6. The molecule has 0 spiro atoms. The Morgan fingerprint density at radius 2 is 2.11 bits per heavy atom. The molecule has 2 rings (SSSR count). The van der Waals surface area contributed by atoms with Crippen molar-refractivity contribution in [3.8, 4) is 5.75 Å². The minimum Gasteiger partial charge on any atom is -0.487 e. The molecule has 0 radical (unpaired) electrons. The number of rotatable bonds is 3. The number of aliphatic hydroxyl groups is 1. The maximum atomic E-state index is 10.8. The molecule has 1 saturated carbocycles. The minimum atomic E-state index is -0.473. The normalized spacial score (nSPS) is 23.7. The number of nitrogens with zero attached hydrogens (tertiary/aromatic N) is 1. The lowest BCUT2D eigenvalue weighted by atomic mass is 9.95. The van der Waals surface area contributed by atoms with E-state index in [1.54, 1.807) is 19.1 Å². The van der Waals surface area contributed by atoms with Crippen LogP contribution in [0.5, 0.6) is 5.75 Å². The molecule has 0 aliphatic heterocycles. The summed E-state index contributed by atoms with van der Waals surface area (Å²) >= 11 is 0. The summed E-state index contributed by atoms with van der Waals surface area (Å²) in [5, 5.41) is 20.6. The van der Waals surface area contributed by atoms with Crippen molar-refractivity contribution >= 4 is 5.69 Å². The second kappa shape index (κ2) is 5.35. The van der Waals surface area contributed by atoms with Crippen LogP contribution in [-0.2, 0) is 0 Å². The lowest BCUT2D eigenvalue weighted by Gasteiger charge is -2.28. The van der Waals surface area contributed by atoms with E-state index in [4.69, 9.17) is 4.74 Å². The first-order valence-corrected chi connectivity index (χ1v) is 6.17. The summed E-state index contributed by atoms with van der Waals surface area (Å²) in [6, 6.07) is 4.81. The summed E-state index contributed by atoms with van der Waals surface area (Å²) in [4.78, 5) is 10.4. The fraction of sp³-hybridized carbons (Fsp3) is 0.538. The smallest absolute Gasteiger partial charge is 0.276 e. The summed E-state index contributed by atoms with van der Waals surface area (Å²) in [6.07, 6.45) is 2.84. The van der Waals surface area contributed by atoms with Crippen LogP contribution < -0.4 is 4.74 Å². The van der Waals surface area contributed by atoms with Gasteiger partial charge in [0.2, 0.25) is 0 Å². The SMILES string of the molecule is Cc1ccc(O[C@@H]2CCCC[C@H]2O)cc1[N+](=O)[O-]. The average molecular weight is 251 g/mol. The Bertz CT molecular complexity index is 447. The van der Waals surface area contributed by atoms with Crippen LogP contribution >= 0.6 is 0 Å². The van der Waals surface area contributed by atoms with Gasteiger partial charge in [-0.3, -0.25) is 10.1 Å². The molecule has 98 valence electrons. The lowest BCUT2D eigenvalue weighted by molar-refractivity contribution is -0.385. The van der Waals surface area contributed by atoms with Gasteiger partial charge in [-0.1, -0.05) is 6.42 Å². The summed E-state index contributed by atoms with van der Waals surface area (Å²) in [5.74, 6) is 0.457. The number of nitro groups is 1. The maximum Gasteiger partial charge on any atom is 0.276 e. The largest absolute Gasteiger partial charge is 0.487 e. The molecule has 0 aromatic heterocycles. The molecule has 0 amide bonds. The molecular weight excluding hydrogens is 234 g/mol. The van der Waals surface area contributed by atoms with E-state index >= 15 is 0 Å². The van der Waals surface area contributed by atoms with E-state index in [1.807, 2.05) is 0 Å².